The fourth-order valence-electron chi connectivity index (χ4n) is 0. The van der Waals surface area contributed by atoms with Crippen LogP contribution in [0.25, 0.3) is 0 Å². The Morgan fingerprint density at radius 2 is 1.75 bits per heavy atom. The molecule has 26 valence electrons. The molecule has 0 bridgehead atoms. The van der Waals surface area contributed by atoms with Crippen LogP contribution in [-0.4, -0.2) is 0 Å². The minimum Gasteiger partial charge on any atom is -0.137 e. The summed E-state index contributed by atoms with van der Waals surface area (Å²) in [6, 6.07) is 0. The molecule has 4 heteroatoms. The molecule has 0 saturated carbocycles. The standard InChI is InChI=1S/BrNO.Ru/c1-2-3;. The smallest absolute Gasteiger partial charge is 0.126 e. The summed E-state index contributed by atoms with van der Waals surface area (Å²) in [6.07, 6.45) is 0. The van der Waals surface area contributed by atoms with Gasteiger partial charge in [-0.2, -0.15) is 0 Å². The van der Waals surface area contributed by atoms with Gasteiger partial charge in [-0.05, 0) is 0 Å². The summed E-state index contributed by atoms with van der Waals surface area (Å²) in [4.78, 5) is 8.47. The summed E-state index contributed by atoms with van der Waals surface area (Å²) >= 11 is 2.22. The summed E-state index contributed by atoms with van der Waals surface area (Å²) in [6.45, 7) is 0. The first-order valence-electron chi connectivity index (χ1n) is 0.352. The van der Waals surface area contributed by atoms with Gasteiger partial charge in [0.15, 0.2) is 0 Å². The predicted octanol–water partition coefficient (Wildman–Crippen LogP) is 1.06. The molecule has 0 radical (unpaired) electrons. The third-order valence-electron chi connectivity index (χ3n) is 0. The van der Waals surface area contributed by atoms with E-state index in [9.17, 15) is 0 Å². The van der Waals surface area contributed by atoms with Crippen LogP contribution in [0.2, 0.25) is 0 Å². The monoisotopic (exact) mass is 211 g/mol. The first kappa shape index (κ1) is 8.83. The zero-order valence-corrected chi connectivity index (χ0v) is 4.91. The molecule has 0 saturated heterocycles. The fraction of sp³-hybridized carbons (Fsp3) is 0. The second-order valence-corrected chi connectivity index (χ2v) is 0.359. The Morgan fingerprint density at radius 1 is 1.75 bits per heavy atom. The maximum Gasteiger partial charge on any atom is 0.126 e. The van der Waals surface area contributed by atoms with E-state index in [-0.39, 0.29) is 19.5 Å². The normalized spacial score (nSPS) is 3.25. The second-order valence-electron chi connectivity index (χ2n) is 0.0690. The molecule has 0 N–H and O–H groups in total. The first-order chi connectivity index (χ1) is 1.41. The van der Waals surface area contributed by atoms with Crippen LogP contribution in [0.15, 0.2) is 4.20 Å². The van der Waals surface area contributed by atoms with Crippen LogP contribution in [0.4, 0.5) is 0 Å². The van der Waals surface area contributed by atoms with Crippen molar-refractivity contribution >= 4 is 16.1 Å². The number of rotatable bonds is 0. The van der Waals surface area contributed by atoms with Gasteiger partial charge in [0.25, 0.3) is 0 Å². The van der Waals surface area contributed by atoms with Gasteiger partial charge in [-0.15, -0.1) is 4.91 Å². The molecule has 0 fully saturated rings. The Kier molecular flexibility index (Phi) is 20.6. The molecule has 4 heavy (non-hydrogen) atoms. The minimum absolute atomic E-state index is 0. The van der Waals surface area contributed by atoms with Crippen LogP contribution in [0.5, 0.6) is 0 Å². The van der Waals surface area contributed by atoms with Gasteiger partial charge >= 0.3 is 0 Å². The van der Waals surface area contributed by atoms with Gasteiger partial charge < -0.3 is 0 Å². The molecular formula is BrNORu. The van der Waals surface area contributed by atoms with Crippen molar-refractivity contribution in [3.05, 3.63) is 4.91 Å². The number of nitroso groups, excluding NO2 is 1. The number of hydrogen-bond donors (Lipinski definition) is 0. The summed E-state index contributed by atoms with van der Waals surface area (Å²) in [5.74, 6) is 0. The SMILES string of the molecule is O=NBr.[Ru]. The second kappa shape index (κ2) is 9.33. The van der Waals surface area contributed by atoms with Gasteiger partial charge in [0.1, 0.15) is 16.1 Å². The van der Waals surface area contributed by atoms with E-state index in [1.54, 1.807) is 0 Å². The molecule has 0 rings (SSSR count). The average Bonchev–Trinajstić information content (AvgIpc) is 0.918. The van der Waals surface area contributed by atoms with Crippen molar-refractivity contribution in [2.45, 2.75) is 0 Å². The largest absolute Gasteiger partial charge is 0.137 e. The van der Waals surface area contributed by atoms with E-state index in [4.69, 9.17) is 4.91 Å². The van der Waals surface area contributed by atoms with Gasteiger partial charge in [-0.1, -0.05) is 0 Å². The van der Waals surface area contributed by atoms with Crippen LogP contribution in [0, 0.1) is 4.91 Å². The third kappa shape index (κ3) is 15.9. The molecule has 0 amide bonds. The van der Waals surface area contributed by atoms with E-state index in [0.717, 1.165) is 0 Å². The van der Waals surface area contributed by atoms with E-state index in [1.807, 2.05) is 0 Å². The average molecular weight is 211 g/mol. The zero-order chi connectivity index (χ0) is 2.71. The van der Waals surface area contributed by atoms with Crippen LogP contribution >= 0.6 is 16.1 Å². The molecule has 0 unspecified atom stereocenters. The number of nitrogens with zero attached hydrogens (tertiary/aromatic N) is 1. The van der Waals surface area contributed by atoms with Crippen LogP contribution in [0.1, 0.15) is 0 Å². The zero-order valence-electron chi connectivity index (χ0n) is 1.59. The Hall–Kier alpha value is 0.703. The van der Waals surface area contributed by atoms with Crippen molar-refractivity contribution in [3.63, 3.8) is 0 Å². The summed E-state index contributed by atoms with van der Waals surface area (Å²) in [5, 5.41) is 0. The van der Waals surface area contributed by atoms with Crippen molar-refractivity contribution in [2.75, 3.05) is 0 Å². The van der Waals surface area contributed by atoms with E-state index >= 15 is 0 Å². The predicted molar refractivity (Wildman–Crippen MR) is 14.7 cm³/mol. The summed E-state index contributed by atoms with van der Waals surface area (Å²) in [5.41, 5.74) is 0. The molecule has 0 heterocycles. The number of hydrogen-bond acceptors (Lipinski definition) is 2. The summed E-state index contributed by atoms with van der Waals surface area (Å²) in [7, 11) is 0. The van der Waals surface area contributed by atoms with E-state index in [1.165, 1.54) is 0 Å². The van der Waals surface area contributed by atoms with Gasteiger partial charge in [0.2, 0.25) is 0 Å². The molecule has 0 aromatic carbocycles. The van der Waals surface area contributed by atoms with E-state index < -0.39 is 0 Å². The van der Waals surface area contributed by atoms with Crippen molar-refractivity contribution in [3.8, 4) is 0 Å². The van der Waals surface area contributed by atoms with Crippen LogP contribution < -0.4 is 0 Å². The van der Waals surface area contributed by atoms with Crippen molar-refractivity contribution in [1.82, 2.24) is 0 Å². The van der Waals surface area contributed by atoms with E-state index in [0.29, 0.717) is 0 Å². The Balaban J connectivity index is 0. The molecular weight excluding hydrogens is 211 g/mol. The van der Waals surface area contributed by atoms with E-state index in [2.05, 4.69) is 20.4 Å². The van der Waals surface area contributed by atoms with Gasteiger partial charge in [-0.25, -0.2) is 0 Å². The molecule has 0 aliphatic rings. The molecule has 2 nitrogen and oxygen atoms in total. The van der Waals surface area contributed by atoms with Crippen molar-refractivity contribution < 1.29 is 19.5 Å². The Morgan fingerprint density at radius 3 is 1.75 bits per heavy atom. The first-order valence-corrected chi connectivity index (χ1v) is 1.06. The minimum atomic E-state index is 0. The van der Waals surface area contributed by atoms with Crippen LogP contribution in [0.3, 0.4) is 0 Å². The van der Waals surface area contributed by atoms with Crippen LogP contribution in [-0.2, 0) is 19.5 Å². The van der Waals surface area contributed by atoms with Gasteiger partial charge in [0, 0.05) is 23.7 Å². The third-order valence-corrected chi connectivity index (χ3v) is 0. The van der Waals surface area contributed by atoms with Gasteiger partial charge in [-0.3, -0.25) is 0 Å². The Bertz CT molecular complexity index is 15.5. The molecule has 0 aromatic heterocycles. The van der Waals surface area contributed by atoms with Crippen molar-refractivity contribution in [1.29, 1.82) is 0 Å². The quantitative estimate of drug-likeness (QED) is 0.435. The van der Waals surface area contributed by atoms with Gasteiger partial charge in [0.05, 0.1) is 0 Å². The molecule has 0 atom stereocenters. The van der Waals surface area contributed by atoms with Crippen molar-refractivity contribution in [2.24, 2.45) is 4.20 Å². The summed E-state index contributed by atoms with van der Waals surface area (Å²) < 4.78 is 2.06. The molecule has 0 aliphatic heterocycles. The number of halogens is 1. The molecule has 0 aliphatic carbocycles. The topological polar surface area (TPSA) is 29.4 Å². The maximum absolute atomic E-state index is 8.47. The molecule has 0 aromatic rings. The maximum atomic E-state index is 8.47. The molecule has 0 spiro atoms. The fourth-order valence-corrected chi connectivity index (χ4v) is 0. The Labute approximate surface area is 45.0 Å².